The van der Waals surface area contributed by atoms with Crippen LogP contribution < -0.4 is 4.74 Å². The van der Waals surface area contributed by atoms with Gasteiger partial charge in [0, 0.05) is 43.7 Å². The second-order valence-corrected chi connectivity index (χ2v) is 7.92. The average molecular weight is 385 g/mol. The quantitative estimate of drug-likeness (QED) is 0.745. The highest BCUT2D eigenvalue weighted by Crippen LogP contribution is 2.23. The van der Waals surface area contributed by atoms with Gasteiger partial charge in [0.25, 0.3) is 0 Å². The Bertz CT molecular complexity index is 713. The number of nitrogens with zero attached hydrogens (tertiary/aromatic N) is 2. The van der Waals surface area contributed by atoms with Gasteiger partial charge in [-0.1, -0.05) is 24.5 Å². The number of benzene rings is 1. The van der Waals surface area contributed by atoms with Gasteiger partial charge in [-0.2, -0.15) is 0 Å². The van der Waals surface area contributed by atoms with Gasteiger partial charge < -0.3 is 14.5 Å². The largest absolute Gasteiger partial charge is 0.496 e. The summed E-state index contributed by atoms with van der Waals surface area (Å²) >= 11 is 0. The van der Waals surface area contributed by atoms with Crippen LogP contribution in [0.2, 0.25) is 0 Å². The van der Waals surface area contributed by atoms with Crippen molar-refractivity contribution >= 4 is 17.9 Å². The number of ether oxygens (including phenoxy) is 1. The summed E-state index contributed by atoms with van der Waals surface area (Å²) in [6.45, 7) is 5.12. The molecule has 2 aliphatic rings. The van der Waals surface area contributed by atoms with Gasteiger partial charge in [-0.25, -0.2) is 0 Å². The highest BCUT2D eigenvalue weighted by molar-refractivity contribution is 5.92. The summed E-state index contributed by atoms with van der Waals surface area (Å²) < 4.78 is 5.37. The fourth-order valence-corrected chi connectivity index (χ4v) is 4.15. The van der Waals surface area contributed by atoms with Gasteiger partial charge in [0.2, 0.25) is 11.8 Å². The first-order valence-electron chi connectivity index (χ1n) is 10.5. The van der Waals surface area contributed by atoms with Crippen LogP contribution in [0.25, 0.3) is 6.08 Å². The third-order valence-corrected chi connectivity index (χ3v) is 5.86. The Morgan fingerprint density at radius 3 is 2.32 bits per heavy atom. The minimum atomic E-state index is 0.00392. The van der Waals surface area contributed by atoms with Crippen molar-refractivity contribution in [1.82, 2.24) is 9.80 Å². The number of carbonyl (C=O) groups is 2. The molecule has 0 bridgehead atoms. The second kappa shape index (κ2) is 9.76. The molecule has 1 aromatic rings. The van der Waals surface area contributed by atoms with E-state index >= 15 is 0 Å². The highest BCUT2D eigenvalue weighted by atomic mass is 16.5. The highest BCUT2D eigenvalue weighted by Gasteiger charge is 2.29. The van der Waals surface area contributed by atoms with Crippen LogP contribution in [0.3, 0.4) is 0 Å². The molecule has 0 saturated carbocycles. The summed E-state index contributed by atoms with van der Waals surface area (Å²) in [5.74, 6) is 1.14. The van der Waals surface area contributed by atoms with Gasteiger partial charge in [0.1, 0.15) is 5.75 Å². The molecule has 2 aliphatic heterocycles. The molecule has 2 amide bonds. The summed E-state index contributed by atoms with van der Waals surface area (Å²) in [5, 5.41) is 0. The first kappa shape index (κ1) is 20.4. The summed E-state index contributed by atoms with van der Waals surface area (Å²) in [4.78, 5) is 29.3. The van der Waals surface area contributed by atoms with Crippen molar-refractivity contribution in [3.8, 4) is 5.75 Å². The molecule has 0 N–H and O–H groups in total. The van der Waals surface area contributed by atoms with Gasteiger partial charge >= 0.3 is 0 Å². The first-order chi connectivity index (χ1) is 13.6. The number of hydrogen-bond acceptors (Lipinski definition) is 3. The molecule has 0 atom stereocenters. The van der Waals surface area contributed by atoms with Crippen molar-refractivity contribution in [2.45, 2.75) is 45.4 Å². The smallest absolute Gasteiger partial charge is 0.246 e. The number of rotatable bonds is 4. The van der Waals surface area contributed by atoms with E-state index in [9.17, 15) is 9.59 Å². The Morgan fingerprint density at radius 1 is 1.00 bits per heavy atom. The number of likely N-dealkylation sites (tertiary alicyclic amines) is 2. The molecular formula is C23H32N2O3. The number of amides is 2. The topological polar surface area (TPSA) is 49.9 Å². The maximum Gasteiger partial charge on any atom is 0.246 e. The zero-order valence-electron chi connectivity index (χ0n) is 17.2. The predicted molar refractivity (Wildman–Crippen MR) is 111 cm³/mol. The minimum Gasteiger partial charge on any atom is -0.496 e. The Kier molecular flexibility index (Phi) is 7.12. The van der Waals surface area contributed by atoms with E-state index in [0.29, 0.717) is 19.0 Å². The summed E-state index contributed by atoms with van der Waals surface area (Å²) in [5.41, 5.74) is 2.03. The third-order valence-electron chi connectivity index (χ3n) is 5.86. The lowest BCUT2D eigenvalue weighted by Gasteiger charge is -2.33. The van der Waals surface area contributed by atoms with Crippen molar-refractivity contribution in [2.75, 3.05) is 33.3 Å². The molecule has 5 heteroatoms. The van der Waals surface area contributed by atoms with Crippen molar-refractivity contribution in [3.05, 3.63) is 35.4 Å². The lowest BCUT2D eigenvalue weighted by atomic mass is 9.95. The lowest BCUT2D eigenvalue weighted by Crippen LogP contribution is -2.44. The summed E-state index contributed by atoms with van der Waals surface area (Å²) in [6, 6.07) is 5.91. The fraction of sp³-hybridized carbons (Fsp3) is 0.565. The molecule has 3 rings (SSSR count). The predicted octanol–water partition coefficient (Wildman–Crippen LogP) is 3.66. The number of carbonyl (C=O) groups excluding carboxylic acids is 2. The molecule has 1 aromatic carbocycles. The Hall–Kier alpha value is -2.30. The van der Waals surface area contributed by atoms with E-state index < -0.39 is 0 Å². The van der Waals surface area contributed by atoms with Crippen molar-refractivity contribution in [3.63, 3.8) is 0 Å². The molecule has 152 valence electrons. The Morgan fingerprint density at radius 2 is 1.68 bits per heavy atom. The van der Waals surface area contributed by atoms with Gasteiger partial charge in [0.15, 0.2) is 0 Å². The molecule has 0 radical (unpaired) electrons. The van der Waals surface area contributed by atoms with Crippen LogP contribution in [-0.2, 0) is 9.59 Å². The third kappa shape index (κ3) is 5.15. The number of methoxy groups -OCH3 is 1. The standard InChI is InChI=1S/C23H32N2O3/c1-18-7-9-21(28-2)20(17-18)8-10-22(26)24-15-11-19(12-16-24)23(27)25-13-5-3-4-6-14-25/h7-10,17,19H,3-6,11-16H2,1-2H3/b10-8+. The van der Waals surface area contributed by atoms with E-state index in [1.165, 1.54) is 12.8 Å². The van der Waals surface area contributed by atoms with Crippen LogP contribution in [-0.4, -0.2) is 54.9 Å². The van der Waals surface area contributed by atoms with Crippen LogP contribution in [0.1, 0.15) is 49.7 Å². The molecule has 0 spiro atoms. The molecule has 2 fully saturated rings. The SMILES string of the molecule is COc1ccc(C)cc1/C=C/C(=O)N1CCC(C(=O)N2CCCCCC2)CC1. The van der Waals surface area contributed by atoms with Gasteiger partial charge in [-0.15, -0.1) is 0 Å². The Labute approximate surface area is 168 Å². The van der Waals surface area contributed by atoms with Crippen LogP contribution in [0.15, 0.2) is 24.3 Å². The normalized spacial score (nSPS) is 18.9. The molecule has 0 aliphatic carbocycles. The number of aryl methyl sites for hydroxylation is 1. The van der Waals surface area contributed by atoms with Crippen molar-refractivity contribution in [1.29, 1.82) is 0 Å². The van der Waals surface area contributed by atoms with E-state index in [2.05, 4.69) is 4.90 Å². The zero-order chi connectivity index (χ0) is 19.9. The zero-order valence-corrected chi connectivity index (χ0v) is 17.2. The monoisotopic (exact) mass is 384 g/mol. The van der Waals surface area contributed by atoms with Crippen LogP contribution in [0.4, 0.5) is 0 Å². The van der Waals surface area contributed by atoms with Crippen LogP contribution >= 0.6 is 0 Å². The van der Waals surface area contributed by atoms with E-state index in [1.807, 2.05) is 36.1 Å². The van der Waals surface area contributed by atoms with Crippen LogP contribution in [0.5, 0.6) is 5.75 Å². The average Bonchev–Trinajstić information content (AvgIpc) is 3.01. The van der Waals surface area contributed by atoms with Gasteiger partial charge in [0.05, 0.1) is 7.11 Å². The van der Waals surface area contributed by atoms with Crippen molar-refractivity contribution in [2.24, 2.45) is 5.92 Å². The molecule has 5 nitrogen and oxygen atoms in total. The van der Waals surface area contributed by atoms with E-state index in [-0.39, 0.29) is 11.8 Å². The van der Waals surface area contributed by atoms with Gasteiger partial charge in [-0.3, -0.25) is 9.59 Å². The fourth-order valence-electron chi connectivity index (χ4n) is 4.15. The minimum absolute atomic E-state index is 0.00392. The van der Waals surface area contributed by atoms with E-state index in [1.54, 1.807) is 13.2 Å². The number of hydrogen-bond donors (Lipinski definition) is 0. The van der Waals surface area contributed by atoms with E-state index in [0.717, 1.165) is 55.6 Å². The van der Waals surface area contributed by atoms with Crippen molar-refractivity contribution < 1.29 is 14.3 Å². The maximum absolute atomic E-state index is 12.8. The molecule has 0 aromatic heterocycles. The molecule has 2 heterocycles. The Balaban J connectivity index is 1.53. The number of piperidine rings is 1. The molecule has 2 saturated heterocycles. The first-order valence-corrected chi connectivity index (χ1v) is 10.5. The van der Waals surface area contributed by atoms with E-state index in [4.69, 9.17) is 4.74 Å². The van der Waals surface area contributed by atoms with Gasteiger partial charge in [-0.05, 0) is 50.8 Å². The molecule has 0 unspecified atom stereocenters. The second-order valence-electron chi connectivity index (χ2n) is 7.92. The lowest BCUT2D eigenvalue weighted by molar-refractivity contribution is -0.139. The van der Waals surface area contributed by atoms with Crippen LogP contribution in [0, 0.1) is 12.8 Å². The molecule has 28 heavy (non-hydrogen) atoms. The molecular weight excluding hydrogens is 352 g/mol. The summed E-state index contributed by atoms with van der Waals surface area (Å²) in [6.07, 6.45) is 9.68. The maximum atomic E-state index is 12.8. The summed E-state index contributed by atoms with van der Waals surface area (Å²) in [7, 11) is 1.63.